The number of fused-ring (bicyclic) bond motifs is 1. The van der Waals surface area contributed by atoms with E-state index in [0.29, 0.717) is 22.8 Å². The van der Waals surface area contributed by atoms with Crippen LogP contribution in [0.2, 0.25) is 5.02 Å². The molecule has 0 saturated carbocycles. The number of amides is 2. The van der Waals surface area contributed by atoms with Crippen molar-refractivity contribution in [1.29, 1.82) is 0 Å². The molecule has 0 aromatic heterocycles. The van der Waals surface area contributed by atoms with Gasteiger partial charge in [-0.1, -0.05) is 60.1 Å². The minimum atomic E-state index is -0.231. The monoisotopic (exact) mass is 501 g/mol. The van der Waals surface area contributed by atoms with Crippen LogP contribution in [0.5, 0.6) is 0 Å². The lowest BCUT2D eigenvalue weighted by atomic mass is 10.1. The number of nitrogens with zero attached hydrogens (tertiary/aromatic N) is 1. The Morgan fingerprint density at radius 2 is 1.57 bits per heavy atom. The second kappa shape index (κ2) is 11.1. The molecular weight excluding hydrogens is 478 g/mol. The summed E-state index contributed by atoms with van der Waals surface area (Å²) in [6, 6.07) is 28.1. The number of thiocarbonyl (C=S) groups is 1. The number of benzene rings is 4. The smallest absolute Gasteiger partial charge is 0.258 e. The fourth-order valence-corrected chi connectivity index (χ4v) is 4.20. The van der Waals surface area contributed by atoms with Gasteiger partial charge in [0.05, 0.1) is 12.1 Å². The highest BCUT2D eigenvalue weighted by Crippen LogP contribution is 2.28. The highest BCUT2D eigenvalue weighted by atomic mass is 35.5. The molecule has 35 heavy (non-hydrogen) atoms. The van der Waals surface area contributed by atoms with E-state index >= 15 is 0 Å². The fourth-order valence-electron chi connectivity index (χ4n) is 3.84. The Morgan fingerprint density at radius 1 is 0.886 bits per heavy atom. The van der Waals surface area contributed by atoms with Crippen LogP contribution < -0.4 is 15.5 Å². The van der Waals surface area contributed by atoms with Gasteiger partial charge in [-0.15, -0.1) is 0 Å². The third kappa shape index (κ3) is 6.04. The molecule has 5 nitrogen and oxygen atoms in total. The van der Waals surface area contributed by atoms with E-state index in [1.165, 1.54) is 0 Å². The summed E-state index contributed by atoms with van der Waals surface area (Å²) in [5, 5.41) is 8.58. The van der Waals surface area contributed by atoms with Crippen LogP contribution in [0.4, 0.5) is 11.4 Å². The molecule has 2 N–H and O–H groups in total. The first kappa shape index (κ1) is 24.4. The van der Waals surface area contributed by atoms with Crippen LogP contribution >= 0.6 is 23.8 Å². The number of halogens is 1. The minimum absolute atomic E-state index is 0.0887. The maximum Gasteiger partial charge on any atom is 0.258 e. The summed E-state index contributed by atoms with van der Waals surface area (Å²) in [7, 11) is 0. The molecule has 0 aliphatic rings. The van der Waals surface area contributed by atoms with Crippen molar-refractivity contribution in [3.05, 3.63) is 107 Å². The predicted octanol–water partition coefficient (Wildman–Crippen LogP) is 6.22. The predicted molar refractivity (Wildman–Crippen MR) is 147 cm³/mol. The first-order valence-electron chi connectivity index (χ1n) is 11.2. The van der Waals surface area contributed by atoms with E-state index < -0.39 is 0 Å². The van der Waals surface area contributed by atoms with E-state index in [-0.39, 0.29) is 23.3 Å². The quantitative estimate of drug-likeness (QED) is 0.308. The Kier molecular flexibility index (Phi) is 7.75. The van der Waals surface area contributed by atoms with Gasteiger partial charge in [-0.2, -0.15) is 0 Å². The number of rotatable bonds is 6. The van der Waals surface area contributed by atoms with Crippen molar-refractivity contribution in [2.24, 2.45) is 0 Å². The molecule has 0 heterocycles. The Labute approximate surface area is 214 Å². The van der Waals surface area contributed by atoms with Gasteiger partial charge in [0, 0.05) is 28.2 Å². The van der Waals surface area contributed by atoms with Crippen molar-refractivity contribution < 1.29 is 9.59 Å². The van der Waals surface area contributed by atoms with E-state index in [9.17, 15) is 9.59 Å². The van der Waals surface area contributed by atoms with Crippen LogP contribution in [0, 0.1) is 0 Å². The van der Waals surface area contributed by atoms with Crippen molar-refractivity contribution >= 4 is 62.9 Å². The number of nitrogens with one attached hydrogen (secondary N) is 2. The summed E-state index contributed by atoms with van der Waals surface area (Å²) in [5.74, 6) is -0.320. The van der Waals surface area contributed by atoms with Crippen LogP contribution in [-0.2, 0) is 11.2 Å². The molecule has 0 saturated heterocycles. The highest BCUT2D eigenvalue weighted by Gasteiger charge is 2.18. The first-order valence-corrected chi connectivity index (χ1v) is 12.0. The maximum atomic E-state index is 13.3. The zero-order valence-corrected chi connectivity index (χ0v) is 20.7. The summed E-state index contributed by atoms with van der Waals surface area (Å²) in [6.45, 7) is 2.50. The number of hydrogen-bond acceptors (Lipinski definition) is 3. The number of hydrogen-bond donors (Lipinski definition) is 2. The van der Waals surface area contributed by atoms with E-state index in [2.05, 4.69) is 10.6 Å². The summed E-state index contributed by atoms with van der Waals surface area (Å²) in [4.78, 5) is 27.3. The summed E-state index contributed by atoms with van der Waals surface area (Å²) in [6.07, 6.45) is 0.188. The van der Waals surface area contributed by atoms with Crippen molar-refractivity contribution in [2.75, 3.05) is 16.8 Å². The lowest BCUT2D eigenvalue weighted by Crippen LogP contribution is -2.35. The SMILES string of the molecule is CCN(C(=O)c1ccc(NC(=S)NC(=O)Cc2ccc(Cl)cc2)cc1)c1cccc2ccccc12. The van der Waals surface area contributed by atoms with Crippen LogP contribution in [0.1, 0.15) is 22.8 Å². The molecular formula is C28H24ClN3O2S. The summed E-state index contributed by atoms with van der Waals surface area (Å²) >= 11 is 11.1. The highest BCUT2D eigenvalue weighted by molar-refractivity contribution is 7.80. The zero-order chi connectivity index (χ0) is 24.8. The first-order chi connectivity index (χ1) is 16.9. The summed E-state index contributed by atoms with van der Waals surface area (Å²) < 4.78 is 0. The van der Waals surface area contributed by atoms with Crippen molar-refractivity contribution in [3.8, 4) is 0 Å². The van der Waals surface area contributed by atoms with Gasteiger partial charge in [-0.3, -0.25) is 9.59 Å². The second-order valence-electron chi connectivity index (χ2n) is 7.93. The van der Waals surface area contributed by atoms with Crippen molar-refractivity contribution in [2.45, 2.75) is 13.3 Å². The van der Waals surface area contributed by atoms with Crippen LogP contribution in [0.15, 0.2) is 91.0 Å². The van der Waals surface area contributed by atoms with Gasteiger partial charge in [0.25, 0.3) is 5.91 Å². The normalized spacial score (nSPS) is 10.6. The van der Waals surface area contributed by atoms with E-state index in [1.54, 1.807) is 53.4 Å². The molecule has 2 amide bonds. The molecule has 176 valence electrons. The maximum absolute atomic E-state index is 13.3. The van der Waals surface area contributed by atoms with E-state index in [1.807, 2.05) is 49.4 Å². The summed E-state index contributed by atoms with van der Waals surface area (Å²) in [5.41, 5.74) is 2.95. The molecule has 0 radical (unpaired) electrons. The largest absolute Gasteiger partial charge is 0.332 e. The molecule has 0 atom stereocenters. The van der Waals surface area contributed by atoms with Gasteiger partial charge in [-0.05, 0) is 72.6 Å². The zero-order valence-electron chi connectivity index (χ0n) is 19.1. The van der Waals surface area contributed by atoms with Crippen molar-refractivity contribution in [3.63, 3.8) is 0 Å². The Hall–Kier alpha value is -3.74. The van der Waals surface area contributed by atoms with Gasteiger partial charge >= 0.3 is 0 Å². The average molecular weight is 502 g/mol. The van der Waals surface area contributed by atoms with Gasteiger partial charge in [0.1, 0.15) is 0 Å². The molecule has 4 rings (SSSR count). The molecule has 4 aromatic rings. The molecule has 0 unspecified atom stereocenters. The molecule has 7 heteroatoms. The molecule has 4 aromatic carbocycles. The lowest BCUT2D eigenvalue weighted by molar-refractivity contribution is -0.119. The number of carbonyl (C=O) groups excluding carboxylic acids is 2. The third-order valence-corrected chi connectivity index (χ3v) is 6.00. The van der Waals surface area contributed by atoms with Crippen LogP contribution in [0.3, 0.4) is 0 Å². The lowest BCUT2D eigenvalue weighted by Gasteiger charge is -2.23. The topological polar surface area (TPSA) is 61.4 Å². The standard InChI is InChI=1S/C28H24ClN3O2S/c1-2-32(25-9-5-7-20-6-3-4-8-24(20)25)27(34)21-12-16-23(17-13-21)30-28(35)31-26(33)18-19-10-14-22(29)15-11-19/h3-17H,2,18H2,1H3,(H2,30,31,33,35). The van der Waals surface area contributed by atoms with Gasteiger partial charge in [-0.25, -0.2) is 0 Å². The molecule has 0 spiro atoms. The second-order valence-corrected chi connectivity index (χ2v) is 8.78. The number of carbonyl (C=O) groups is 2. The van der Waals surface area contributed by atoms with E-state index in [0.717, 1.165) is 22.0 Å². The van der Waals surface area contributed by atoms with Crippen LogP contribution in [-0.4, -0.2) is 23.5 Å². The van der Waals surface area contributed by atoms with Gasteiger partial charge < -0.3 is 15.5 Å². The van der Waals surface area contributed by atoms with Gasteiger partial charge in [0.15, 0.2) is 5.11 Å². The molecule has 0 fully saturated rings. The average Bonchev–Trinajstić information content (AvgIpc) is 2.86. The Morgan fingerprint density at radius 3 is 2.29 bits per heavy atom. The number of anilines is 2. The molecule has 0 aliphatic heterocycles. The van der Waals surface area contributed by atoms with Crippen LogP contribution in [0.25, 0.3) is 10.8 Å². The molecule has 0 bridgehead atoms. The Bertz CT molecular complexity index is 1370. The van der Waals surface area contributed by atoms with E-state index in [4.69, 9.17) is 23.8 Å². The van der Waals surface area contributed by atoms with Crippen molar-refractivity contribution in [1.82, 2.24) is 5.32 Å². The third-order valence-electron chi connectivity index (χ3n) is 5.54. The van der Waals surface area contributed by atoms with Gasteiger partial charge in [0.2, 0.25) is 5.91 Å². The Balaban J connectivity index is 1.40. The fraction of sp³-hybridized carbons (Fsp3) is 0.107. The molecule has 0 aliphatic carbocycles. The minimum Gasteiger partial charge on any atom is -0.332 e.